The van der Waals surface area contributed by atoms with Gasteiger partial charge in [-0.05, 0) is 37.3 Å². The van der Waals surface area contributed by atoms with Crippen LogP contribution in [-0.4, -0.2) is 46.7 Å². The molecule has 4 aromatic rings. The van der Waals surface area contributed by atoms with Crippen LogP contribution >= 0.6 is 0 Å². The number of fused-ring (bicyclic) bond motifs is 2. The Morgan fingerprint density at radius 2 is 2.00 bits per heavy atom. The molecule has 0 unspecified atom stereocenters. The minimum absolute atomic E-state index is 0.346. The van der Waals surface area contributed by atoms with Gasteiger partial charge in [-0.3, -0.25) is 19.8 Å². The van der Waals surface area contributed by atoms with Crippen LogP contribution in [0.1, 0.15) is 16.2 Å². The first kappa shape index (κ1) is 19.4. The zero-order chi connectivity index (χ0) is 21.5. The molecule has 2 aromatic carbocycles. The predicted molar refractivity (Wildman–Crippen MR) is 116 cm³/mol. The van der Waals surface area contributed by atoms with Crippen molar-refractivity contribution < 1.29 is 13.9 Å². The minimum atomic E-state index is -0.411. The lowest BCUT2D eigenvalue weighted by Crippen LogP contribution is -2.36. The number of carbonyl (C=O) groups is 1. The fourth-order valence-corrected chi connectivity index (χ4v) is 4.14. The number of benzene rings is 2. The third-order valence-corrected chi connectivity index (χ3v) is 5.59. The van der Waals surface area contributed by atoms with Crippen molar-refractivity contribution >= 4 is 33.5 Å². The quantitative estimate of drug-likeness (QED) is 0.300. The normalized spacial score (nSPS) is 14.4. The van der Waals surface area contributed by atoms with Crippen LogP contribution in [0, 0.1) is 12.7 Å². The number of ether oxygens (including phenoxy) is 1. The van der Waals surface area contributed by atoms with Gasteiger partial charge in [0.05, 0.1) is 35.5 Å². The lowest BCUT2D eigenvalue weighted by molar-refractivity contribution is 0.0955. The predicted octanol–water partition coefficient (Wildman–Crippen LogP) is 2.46. The number of amides is 1. The van der Waals surface area contributed by atoms with Crippen molar-refractivity contribution in [3.05, 3.63) is 59.8 Å². The highest BCUT2D eigenvalue weighted by Gasteiger charge is 2.22. The van der Waals surface area contributed by atoms with Gasteiger partial charge < -0.3 is 9.64 Å². The van der Waals surface area contributed by atoms with E-state index in [4.69, 9.17) is 10.6 Å². The second-order valence-electron chi connectivity index (χ2n) is 7.42. The second-order valence-corrected chi connectivity index (χ2v) is 7.42. The van der Waals surface area contributed by atoms with Crippen LogP contribution in [0.2, 0.25) is 0 Å². The van der Waals surface area contributed by atoms with E-state index < -0.39 is 5.91 Å². The fraction of sp³-hybridized carbons (Fsp3) is 0.227. The zero-order valence-corrected chi connectivity index (χ0v) is 16.9. The molecule has 158 valence electrons. The van der Waals surface area contributed by atoms with Crippen molar-refractivity contribution in [2.24, 2.45) is 5.84 Å². The smallest absolute Gasteiger partial charge is 0.267 e. The fourth-order valence-electron chi connectivity index (χ4n) is 4.14. The Labute approximate surface area is 177 Å². The van der Waals surface area contributed by atoms with Gasteiger partial charge in [-0.2, -0.15) is 0 Å². The summed E-state index contributed by atoms with van der Waals surface area (Å²) in [6.45, 7) is 4.55. The number of anilines is 1. The first-order valence-corrected chi connectivity index (χ1v) is 9.98. The number of nitrogen functional groups attached to an aromatic ring is 1. The number of nitrogens with one attached hydrogen (secondary N) is 1. The van der Waals surface area contributed by atoms with E-state index in [0.717, 1.165) is 35.4 Å². The number of halogens is 1. The van der Waals surface area contributed by atoms with E-state index in [0.29, 0.717) is 35.6 Å². The number of morpholine rings is 1. The molecule has 5 rings (SSSR count). The average molecular weight is 420 g/mol. The molecule has 0 spiro atoms. The molecule has 0 bridgehead atoms. The second kappa shape index (κ2) is 7.60. The van der Waals surface area contributed by atoms with Gasteiger partial charge in [0.15, 0.2) is 0 Å². The molecule has 8 nitrogen and oxygen atoms in total. The summed E-state index contributed by atoms with van der Waals surface area (Å²) < 4.78 is 21.2. The molecule has 0 atom stereocenters. The number of carbonyl (C=O) groups excluding carboxylic acids is 1. The van der Waals surface area contributed by atoms with Crippen LogP contribution in [-0.2, 0) is 4.74 Å². The molecule has 1 amide bonds. The summed E-state index contributed by atoms with van der Waals surface area (Å²) in [5, 5.41) is 0.785. The van der Waals surface area contributed by atoms with Gasteiger partial charge >= 0.3 is 0 Å². The maximum Gasteiger partial charge on any atom is 0.267 e. The van der Waals surface area contributed by atoms with Crippen LogP contribution in [0.4, 0.5) is 10.1 Å². The van der Waals surface area contributed by atoms with Crippen molar-refractivity contribution in [1.29, 1.82) is 0 Å². The summed E-state index contributed by atoms with van der Waals surface area (Å²) in [6.07, 6.45) is 1.64. The highest BCUT2D eigenvalue weighted by atomic mass is 19.1. The molecule has 31 heavy (non-hydrogen) atoms. The molecule has 1 fully saturated rings. The van der Waals surface area contributed by atoms with Gasteiger partial charge in [0.2, 0.25) is 0 Å². The monoisotopic (exact) mass is 420 g/mol. The van der Waals surface area contributed by atoms with Crippen LogP contribution < -0.4 is 16.2 Å². The van der Waals surface area contributed by atoms with Crippen molar-refractivity contribution in [2.45, 2.75) is 6.92 Å². The largest absolute Gasteiger partial charge is 0.378 e. The minimum Gasteiger partial charge on any atom is -0.378 e. The summed E-state index contributed by atoms with van der Waals surface area (Å²) in [7, 11) is 0. The Kier molecular flexibility index (Phi) is 4.76. The highest BCUT2D eigenvalue weighted by molar-refractivity contribution is 6.07. The van der Waals surface area contributed by atoms with Crippen molar-refractivity contribution in [1.82, 2.24) is 20.0 Å². The Balaban J connectivity index is 1.80. The van der Waals surface area contributed by atoms with E-state index in [1.807, 2.05) is 29.7 Å². The number of hydrogen-bond donors (Lipinski definition) is 2. The van der Waals surface area contributed by atoms with Gasteiger partial charge in [-0.15, -0.1) is 0 Å². The van der Waals surface area contributed by atoms with Crippen LogP contribution in [0.25, 0.3) is 27.6 Å². The maximum absolute atomic E-state index is 13.8. The molecule has 1 saturated heterocycles. The number of pyridine rings is 1. The number of rotatable bonds is 3. The molecule has 3 heterocycles. The molecule has 0 radical (unpaired) electrons. The van der Waals surface area contributed by atoms with Gasteiger partial charge in [-0.1, -0.05) is 0 Å². The van der Waals surface area contributed by atoms with Gasteiger partial charge in [-0.25, -0.2) is 15.2 Å². The van der Waals surface area contributed by atoms with E-state index in [2.05, 4.69) is 20.3 Å². The number of hydrogen-bond acceptors (Lipinski definition) is 6. The third kappa shape index (κ3) is 3.28. The zero-order valence-electron chi connectivity index (χ0n) is 16.9. The Bertz CT molecular complexity index is 1310. The summed E-state index contributed by atoms with van der Waals surface area (Å²) in [5.41, 5.74) is 6.17. The molecule has 0 aliphatic carbocycles. The van der Waals surface area contributed by atoms with E-state index in [1.54, 1.807) is 12.3 Å². The number of aryl methyl sites for hydroxylation is 1. The number of aromatic nitrogens is 3. The van der Waals surface area contributed by atoms with E-state index in [-0.39, 0.29) is 5.82 Å². The lowest BCUT2D eigenvalue weighted by atomic mass is 10.1. The number of nitrogens with zero attached hydrogens (tertiary/aromatic N) is 4. The van der Waals surface area contributed by atoms with Crippen molar-refractivity contribution in [3.63, 3.8) is 0 Å². The summed E-state index contributed by atoms with van der Waals surface area (Å²) in [4.78, 5) is 23.7. The number of hydrazine groups is 1. The molecule has 1 aliphatic heterocycles. The first-order valence-electron chi connectivity index (χ1n) is 9.98. The molecule has 3 N–H and O–H groups in total. The summed E-state index contributed by atoms with van der Waals surface area (Å²) in [6, 6.07) is 10.2. The first-order chi connectivity index (χ1) is 15.1. The molecule has 1 aliphatic rings. The molecule has 2 aromatic heterocycles. The van der Waals surface area contributed by atoms with E-state index in [1.165, 1.54) is 12.1 Å². The maximum atomic E-state index is 13.8. The summed E-state index contributed by atoms with van der Waals surface area (Å²) >= 11 is 0. The van der Waals surface area contributed by atoms with Crippen LogP contribution in [0.15, 0.2) is 42.6 Å². The molecule has 0 saturated carbocycles. The Morgan fingerprint density at radius 1 is 1.19 bits per heavy atom. The molecular formula is C22H21FN6O2. The lowest BCUT2D eigenvalue weighted by Gasteiger charge is -2.29. The van der Waals surface area contributed by atoms with Crippen LogP contribution in [0.3, 0.4) is 0 Å². The van der Waals surface area contributed by atoms with E-state index in [9.17, 15) is 9.18 Å². The van der Waals surface area contributed by atoms with E-state index >= 15 is 0 Å². The summed E-state index contributed by atoms with van der Waals surface area (Å²) in [5.74, 6) is 5.39. The topological polar surface area (TPSA) is 98.3 Å². The number of nitrogens with two attached hydrogens (primary N) is 1. The highest BCUT2D eigenvalue weighted by Crippen LogP contribution is 2.32. The molecular weight excluding hydrogens is 399 g/mol. The van der Waals surface area contributed by atoms with Crippen molar-refractivity contribution in [2.75, 3.05) is 31.2 Å². The number of imidazole rings is 1. The SMILES string of the molecule is Cc1nc2c(C(=O)NN)cc(N3CCOCC3)cc2n1-c1ccnc2cc(F)ccc12. The average Bonchev–Trinajstić information content (AvgIpc) is 3.13. The van der Waals surface area contributed by atoms with Gasteiger partial charge in [0.1, 0.15) is 17.2 Å². The Morgan fingerprint density at radius 3 is 2.77 bits per heavy atom. The molecule has 9 heteroatoms. The standard InChI is InChI=1S/C22H21FN6O2/c1-13-26-21-17(22(30)27-24)11-15(28-6-8-31-9-7-28)12-20(21)29(13)19-4-5-25-18-10-14(23)2-3-16(18)19/h2-5,10-12H,6-9,24H2,1H3,(H,27,30). The third-order valence-electron chi connectivity index (χ3n) is 5.59. The van der Waals surface area contributed by atoms with Gasteiger partial charge in [0, 0.05) is 36.4 Å². The van der Waals surface area contributed by atoms with Gasteiger partial charge in [0.25, 0.3) is 5.91 Å². The van der Waals surface area contributed by atoms with Crippen molar-refractivity contribution in [3.8, 4) is 5.69 Å². The Hall–Kier alpha value is -3.56. The van der Waals surface area contributed by atoms with Crippen LogP contribution in [0.5, 0.6) is 0 Å².